The van der Waals surface area contributed by atoms with Gasteiger partial charge in [-0.25, -0.2) is 22.6 Å². The van der Waals surface area contributed by atoms with Crippen LogP contribution in [0.25, 0.3) is 0 Å². The molecule has 0 atom stereocenters. The van der Waals surface area contributed by atoms with Crippen molar-refractivity contribution in [3.63, 3.8) is 0 Å². The predicted molar refractivity (Wildman–Crippen MR) is 73.4 cm³/mol. The number of rotatable bonds is 4. The topological polar surface area (TPSA) is 96.4 Å². The second-order valence-electron chi connectivity index (χ2n) is 3.89. The van der Waals surface area contributed by atoms with Crippen molar-refractivity contribution in [2.75, 3.05) is 4.72 Å². The molecule has 2 rings (SSSR count). The van der Waals surface area contributed by atoms with Crippen molar-refractivity contribution in [2.24, 2.45) is 0 Å². The number of carboxylic acids is 1. The fourth-order valence-corrected chi connectivity index (χ4v) is 3.03. The van der Waals surface area contributed by atoms with E-state index in [0.29, 0.717) is 0 Å². The summed E-state index contributed by atoms with van der Waals surface area (Å²) in [6.07, 6.45) is 0. The standard InChI is InChI=1S/C12H8ClFN2O4S/c13-8-6-7(14)4-5-10(8)21(19,20)16-11-3-1-2-9(15-11)12(17)18/h1-6H,(H,15,16)(H,17,18). The second kappa shape index (κ2) is 5.66. The van der Waals surface area contributed by atoms with Gasteiger partial charge in [-0.1, -0.05) is 17.7 Å². The number of nitrogens with one attached hydrogen (secondary N) is 1. The lowest BCUT2D eigenvalue weighted by Gasteiger charge is -2.09. The van der Waals surface area contributed by atoms with E-state index in [1.165, 1.54) is 18.2 Å². The number of hydrogen-bond acceptors (Lipinski definition) is 4. The van der Waals surface area contributed by atoms with E-state index in [2.05, 4.69) is 9.71 Å². The van der Waals surface area contributed by atoms with Crippen LogP contribution in [0.4, 0.5) is 10.2 Å². The Morgan fingerprint density at radius 2 is 2.00 bits per heavy atom. The van der Waals surface area contributed by atoms with E-state index >= 15 is 0 Å². The fraction of sp³-hybridized carbons (Fsp3) is 0. The number of carbonyl (C=O) groups is 1. The minimum Gasteiger partial charge on any atom is -0.477 e. The number of aromatic nitrogens is 1. The molecule has 0 saturated heterocycles. The van der Waals surface area contributed by atoms with Crippen LogP contribution in [-0.2, 0) is 10.0 Å². The van der Waals surface area contributed by atoms with E-state index < -0.39 is 21.8 Å². The van der Waals surface area contributed by atoms with Gasteiger partial charge in [-0.15, -0.1) is 0 Å². The molecule has 2 N–H and O–H groups in total. The zero-order valence-corrected chi connectivity index (χ0v) is 11.8. The molecule has 0 aliphatic carbocycles. The predicted octanol–water partition coefficient (Wildman–Crippen LogP) is 2.37. The molecule has 1 aromatic carbocycles. The maximum absolute atomic E-state index is 12.9. The summed E-state index contributed by atoms with van der Waals surface area (Å²) in [5, 5.41) is 8.50. The highest BCUT2D eigenvalue weighted by atomic mass is 35.5. The van der Waals surface area contributed by atoms with Crippen LogP contribution in [0.2, 0.25) is 5.02 Å². The molecule has 1 heterocycles. The first-order chi connectivity index (χ1) is 9.79. The SMILES string of the molecule is O=C(O)c1cccc(NS(=O)(=O)c2ccc(F)cc2Cl)n1. The molecular weight excluding hydrogens is 323 g/mol. The molecule has 0 unspecified atom stereocenters. The Morgan fingerprint density at radius 1 is 1.29 bits per heavy atom. The van der Waals surface area contributed by atoms with Gasteiger partial charge in [-0.05, 0) is 30.3 Å². The summed E-state index contributed by atoms with van der Waals surface area (Å²) in [7, 11) is -4.11. The number of halogens is 2. The Morgan fingerprint density at radius 3 is 2.62 bits per heavy atom. The van der Waals surface area contributed by atoms with E-state index in [9.17, 15) is 17.6 Å². The average molecular weight is 331 g/mol. The van der Waals surface area contributed by atoms with E-state index in [1.54, 1.807) is 0 Å². The monoisotopic (exact) mass is 330 g/mol. The molecular formula is C12H8ClFN2O4S. The molecule has 110 valence electrons. The average Bonchev–Trinajstić information content (AvgIpc) is 2.37. The smallest absolute Gasteiger partial charge is 0.354 e. The molecule has 0 saturated carbocycles. The Balaban J connectivity index is 2.37. The minimum atomic E-state index is -4.11. The fourth-order valence-electron chi connectivity index (χ4n) is 1.50. The summed E-state index contributed by atoms with van der Waals surface area (Å²) in [5.74, 6) is -2.16. The van der Waals surface area contributed by atoms with Gasteiger partial charge in [-0.3, -0.25) is 4.72 Å². The van der Waals surface area contributed by atoms with Crippen LogP contribution in [0, 0.1) is 5.82 Å². The first-order valence-corrected chi connectivity index (χ1v) is 7.34. The molecule has 21 heavy (non-hydrogen) atoms. The quantitative estimate of drug-likeness (QED) is 0.897. The number of aromatic carboxylic acids is 1. The lowest BCUT2D eigenvalue weighted by Crippen LogP contribution is -2.15. The van der Waals surface area contributed by atoms with Crippen LogP contribution in [0.3, 0.4) is 0 Å². The Kier molecular flexibility index (Phi) is 4.10. The number of nitrogens with zero attached hydrogens (tertiary/aromatic N) is 1. The van der Waals surface area contributed by atoms with Crippen molar-refractivity contribution in [3.8, 4) is 0 Å². The van der Waals surface area contributed by atoms with Gasteiger partial charge < -0.3 is 5.11 Å². The minimum absolute atomic E-state index is 0.185. The maximum Gasteiger partial charge on any atom is 0.354 e. The van der Waals surface area contributed by atoms with Crippen LogP contribution in [0.1, 0.15) is 10.5 Å². The van der Waals surface area contributed by atoms with Crippen LogP contribution in [0.15, 0.2) is 41.3 Å². The van der Waals surface area contributed by atoms with Crippen LogP contribution < -0.4 is 4.72 Å². The van der Waals surface area contributed by atoms with Gasteiger partial charge in [0, 0.05) is 0 Å². The van der Waals surface area contributed by atoms with Gasteiger partial charge in [0.1, 0.15) is 16.5 Å². The summed E-state index contributed by atoms with van der Waals surface area (Å²) >= 11 is 5.69. The summed E-state index contributed by atoms with van der Waals surface area (Å²) in [4.78, 5) is 14.1. The molecule has 0 aliphatic heterocycles. The highest BCUT2D eigenvalue weighted by molar-refractivity contribution is 7.92. The molecule has 0 radical (unpaired) electrons. The van der Waals surface area contributed by atoms with E-state index in [-0.39, 0.29) is 21.4 Å². The Hall–Kier alpha value is -2.19. The van der Waals surface area contributed by atoms with Gasteiger partial charge in [0.25, 0.3) is 10.0 Å². The van der Waals surface area contributed by atoms with E-state index in [4.69, 9.17) is 16.7 Å². The van der Waals surface area contributed by atoms with Crippen LogP contribution >= 0.6 is 11.6 Å². The molecule has 1 aromatic heterocycles. The highest BCUT2D eigenvalue weighted by Crippen LogP contribution is 2.24. The van der Waals surface area contributed by atoms with Crippen LogP contribution in [-0.4, -0.2) is 24.5 Å². The largest absolute Gasteiger partial charge is 0.477 e. The molecule has 0 amide bonds. The molecule has 0 bridgehead atoms. The van der Waals surface area contributed by atoms with Crippen LogP contribution in [0.5, 0.6) is 0 Å². The number of benzene rings is 1. The lowest BCUT2D eigenvalue weighted by molar-refractivity contribution is 0.0690. The lowest BCUT2D eigenvalue weighted by atomic mass is 10.3. The Bertz CT molecular complexity index is 811. The van der Waals surface area contributed by atoms with E-state index in [1.807, 2.05) is 0 Å². The van der Waals surface area contributed by atoms with Crippen molar-refractivity contribution < 1.29 is 22.7 Å². The summed E-state index contributed by atoms with van der Waals surface area (Å²) in [6, 6.07) is 6.63. The van der Waals surface area contributed by atoms with Crippen molar-refractivity contribution in [3.05, 3.63) is 52.9 Å². The third-order valence-electron chi connectivity index (χ3n) is 2.39. The van der Waals surface area contributed by atoms with Gasteiger partial charge in [0.15, 0.2) is 5.69 Å². The van der Waals surface area contributed by atoms with E-state index in [0.717, 1.165) is 18.2 Å². The Labute approximate surface area is 124 Å². The number of carboxylic acid groups (broad SMARTS) is 1. The van der Waals surface area contributed by atoms with Crippen molar-refractivity contribution in [1.29, 1.82) is 0 Å². The van der Waals surface area contributed by atoms with Gasteiger partial charge in [0.05, 0.1) is 5.02 Å². The normalized spacial score (nSPS) is 11.1. The molecule has 6 nitrogen and oxygen atoms in total. The molecule has 0 spiro atoms. The maximum atomic E-state index is 12.9. The summed E-state index contributed by atoms with van der Waals surface area (Å²) < 4.78 is 39.2. The first-order valence-electron chi connectivity index (χ1n) is 5.48. The summed E-state index contributed by atoms with van der Waals surface area (Å²) in [5.41, 5.74) is -0.319. The zero-order valence-electron chi connectivity index (χ0n) is 10.2. The van der Waals surface area contributed by atoms with Gasteiger partial charge >= 0.3 is 5.97 Å². The molecule has 0 fully saturated rings. The number of anilines is 1. The highest BCUT2D eigenvalue weighted by Gasteiger charge is 2.19. The summed E-state index contributed by atoms with van der Waals surface area (Å²) in [6.45, 7) is 0. The van der Waals surface area contributed by atoms with Crippen molar-refractivity contribution >= 4 is 33.4 Å². The zero-order chi connectivity index (χ0) is 15.6. The third-order valence-corrected chi connectivity index (χ3v) is 4.23. The number of sulfonamides is 1. The molecule has 2 aromatic rings. The molecule has 0 aliphatic rings. The molecule has 9 heteroatoms. The van der Waals surface area contributed by atoms with Gasteiger partial charge in [0.2, 0.25) is 0 Å². The number of pyridine rings is 1. The number of hydrogen-bond donors (Lipinski definition) is 2. The first kappa shape index (κ1) is 15.2. The van der Waals surface area contributed by atoms with Gasteiger partial charge in [-0.2, -0.15) is 0 Å². The third kappa shape index (κ3) is 3.47. The second-order valence-corrected chi connectivity index (χ2v) is 5.95. The van der Waals surface area contributed by atoms with Crippen molar-refractivity contribution in [1.82, 2.24) is 4.98 Å². The van der Waals surface area contributed by atoms with Crippen molar-refractivity contribution in [2.45, 2.75) is 4.90 Å².